The van der Waals surface area contributed by atoms with Gasteiger partial charge in [-0.3, -0.25) is 0 Å². The van der Waals surface area contributed by atoms with Crippen LogP contribution in [0, 0.1) is 13.8 Å². The zero-order valence-electron chi connectivity index (χ0n) is 10.9. The van der Waals surface area contributed by atoms with Crippen LogP contribution in [0.3, 0.4) is 0 Å². The summed E-state index contributed by atoms with van der Waals surface area (Å²) in [7, 11) is 0. The van der Waals surface area contributed by atoms with Crippen LogP contribution in [0.25, 0.3) is 0 Å². The zero-order chi connectivity index (χ0) is 12.1. The lowest BCUT2D eigenvalue weighted by Gasteiger charge is -2.20. The molecule has 0 amide bonds. The first-order valence-electron chi connectivity index (χ1n) is 6.06. The van der Waals surface area contributed by atoms with E-state index in [0.717, 1.165) is 24.8 Å². The number of halogens is 1. The molecule has 17 heavy (non-hydrogen) atoms. The highest BCUT2D eigenvalue weighted by molar-refractivity contribution is 5.85. The number of nitrogens with two attached hydrogens (primary N) is 1. The van der Waals surface area contributed by atoms with Gasteiger partial charge in [0.05, 0.1) is 12.1 Å². The number of aryl methyl sites for hydroxylation is 2. The molecule has 3 N–H and O–H groups in total. The van der Waals surface area contributed by atoms with Crippen molar-refractivity contribution < 1.29 is 5.11 Å². The van der Waals surface area contributed by atoms with E-state index in [1.54, 1.807) is 0 Å². The predicted molar refractivity (Wildman–Crippen MR) is 75.6 cm³/mol. The summed E-state index contributed by atoms with van der Waals surface area (Å²) in [4.78, 5) is 0. The number of hydrogen-bond acceptors (Lipinski definition) is 2. The van der Waals surface area contributed by atoms with Crippen molar-refractivity contribution in [1.82, 2.24) is 0 Å². The Kier molecular flexibility index (Phi) is 7.44. The maximum absolute atomic E-state index is 9.96. The molecule has 1 rings (SSSR count). The Labute approximate surface area is 111 Å². The van der Waals surface area contributed by atoms with Gasteiger partial charge >= 0.3 is 0 Å². The average molecular weight is 258 g/mol. The minimum absolute atomic E-state index is 0. The number of aliphatic hydroxyl groups is 1. The van der Waals surface area contributed by atoms with Crippen molar-refractivity contribution in [1.29, 1.82) is 0 Å². The Morgan fingerprint density at radius 3 is 2.18 bits per heavy atom. The summed E-state index contributed by atoms with van der Waals surface area (Å²) in [6.45, 7) is 6.23. The highest BCUT2D eigenvalue weighted by atomic mass is 35.5. The third-order valence-corrected chi connectivity index (χ3v) is 2.90. The van der Waals surface area contributed by atoms with E-state index in [9.17, 15) is 5.11 Å². The first kappa shape index (κ1) is 16.4. The quantitative estimate of drug-likeness (QED) is 0.850. The van der Waals surface area contributed by atoms with E-state index in [4.69, 9.17) is 5.73 Å². The van der Waals surface area contributed by atoms with Crippen molar-refractivity contribution in [2.24, 2.45) is 5.73 Å². The molecule has 0 unspecified atom stereocenters. The lowest BCUT2D eigenvalue weighted by atomic mass is 9.95. The van der Waals surface area contributed by atoms with Gasteiger partial charge in [0, 0.05) is 0 Å². The van der Waals surface area contributed by atoms with E-state index in [2.05, 4.69) is 39.0 Å². The standard InChI is InChI=1S/C14H23NO.ClH/c1-4-5-6-13(16)14(15)12-8-10(2)7-11(3)9-12;/h7-9,13-14,16H,4-6,15H2,1-3H3;1H/t13-,14+;/m1./s1. The van der Waals surface area contributed by atoms with Crippen LogP contribution >= 0.6 is 12.4 Å². The first-order chi connectivity index (χ1) is 7.54. The summed E-state index contributed by atoms with van der Waals surface area (Å²) in [5, 5.41) is 9.96. The van der Waals surface area contributed by atoms with Crippen LogP contribution in [0.1, 0.15) is 48.9 Å². The van der Waals surface area contributed by atoms with Crippen molar-refractivity contribution in [3.05, 3.63) is 34.9 Å². The normalized spacial score (nSPS) is 13.9. The Hall–Kier alpha value is -0.570. The van der Waals surface area contributed by atoms with Crippen molar-refractivity contribution in [3.8, 4) is 0 Å². The highest BCUT2D eigenvalue weighted by Crippen LogP contribution is 2.20. The second-order valence-corrected chi connectivity index (χ2v) is 4.66. The molecule has 0 heterocycles. The van der Waals surface area contributed by atoms with Gasteiger partial charge in [0.15, 0.2) is 0 Å². The topological polar surface area (TPSA) is 46.2 Å². The van der Waals surface area contributed by atoms with Crippen LogP contribution in [0.15, 0.2) is 18.2 Å². The number of aliphatic hydroxyl groups excluding tert-OH is 1. The SMILES string of the molecule is CCCC[C@@H](O)[C@@H](N)c1cc(C)cc(C)c1.Cl. The van der Waals surface area contributed by atoms with E-state index in [-0.39, 0.29) is 18.4 Å². The molecule has 0 fully saturated rings. The smallest absolute Gasteiger partial charge is 0.0732 e. The molecule has 2 nitrogen and oxygen atoms in total. The molecule has 0 bridgehead atoms. The average Bonchev–Trinajstić information content (AvgIpc) is 2.23. The lowest BCUT2D eigenvalue weighted by molar-refractivity contribution is 0.132. The van der Waals surface area contributed by atoms with Crippen LogP contribution in [0.4, 0.5) is 0 Å². The summed E-state index contributed by atoms with van der Waals surface area (Å²) < 4.78 is 0. The van der Waals surface area contributed by atoms with Crippen LogP contribution in [-0.2, 0) is 0 Å². The molecule has 0 aliphatic rings. The van der Waals surface area contributed by atoms with Crippen molar-refractivity contribution in [3.63, 3.8) is 0 Å². The van der Waals surface area contributed by atoms with Gasteiger partial charge in [-0.15, -0.1) is 12.4 Å². The maximum atomic E-state index is 9.96. The molecule has 98 valence electrons. The van der Waals surface area contributed by atoms with E-state index in [1.165, 1.54) is 11.1 Å². The minimum Gasteiger partial charge on any atom is -0.391 e. The van der Waals surface area contributed by atoms with Gasteiger partial charge in [0.1, 0.15) is 0 Å². The van der Waals surface area contributed by atoms with Gasteiger partial charge in [-0.25, -0.2) is 0 Å². The largest absolute Gasteiger partial charge is 0.391 e. The van der Waals surface area contributed by atoms with Crippen molar-refractivity contribution >= 4 is 12.4 Å². The monoisotopic (exact) mass is 257 g/mol. The van der Waals surface area contributed by atoms with Gasteiger partial charge in [-0.1, -0.05) is 49.1 Å². The number of hydrogen-bond donors (Lipinski definition) is 2. The molecule has 0 saturated heterocycles. The van der Waals surface area contributed by atoms with Gasteiger partial charge in [-0.2, -0.15) is 0 Å². The zero-order valence-corrected chi connectivity index (χ0v) is 11.8. The molecule has 0 spiro atoms. The Balaban J connectivity index is 0.00000256. The Bertz CT molecular complexity index is 321. The number of rotatable bonds is 5. The molecule has 1 aromatic carbocycles. The molecule has 3 heteroatoms. The van der Waals surface area contributed by atoms with E-state index < -0.39 is 6.10 Å². The summed E-state index contributed by atoms with van der Waals surface area (Å²) in [6.07, 6.45) is 2.47. The Morgan fingerprint density at radius 2 is 1.71 bits per heavy atom. The summed E-state index contributed by atoms with van der Waals surface area (Å²) in [5.41, 5.74) is 9.51. The fraction of sp³-hybridized carbons (Fsp3) is 0.571. The Morgan fingerprint density at radius 1 is 1.18 bits per heavy atom. The predicted octanol–water partition coefficient (Wildman–Crippen LogP) is 3.28. The highest BCUT2D eigenvalue weighted by Gasteiger charge is 2.16. The van der Waals surface area contributed by atoms with E-state index in [1.807, 2.05) is 0 Å². The van der Waals surface area contributed by atoms with Gasteiger partial charge < -0.3 is 10.8 Å². The molecule has 2 atom stereocenters. The summed E-state index contributed by atoms with van der Waals surface area (Å²) in [5.74, 6) is 0. The molecule has 0 saturated carbocycles. The molecule has 0 aromatic heterocycles. The molecular formula is C14H24ClNO. The molecule has 0 aliphatic heterocycles. The third kappa shape index (κ3) is 5.07. The number of unbranched alkanes of at least 4 members (excludes halogenated alkanes) is 1. The second kappa shape index (κ2) is 7.70. The lowest BCUT2D eigenvalue weighted by Crippen LogP contribution is -2.26. The van der Waals surface area contributed by atoms with Crippen molar-refractivity contribution in [2.75, 3.05) is 0 Å². The second-order valence-electron chi connectivity index (χ2n) is 4.66. The van der Waals surface area contributed by atoms with Gasteiger partial charge in [0.2, 0.25) is 0 Å². The molecule has 0 aliphatic carbocycles. The van der Waals surface area contributed by atoms with Gasteiger partial charge in [0.25, 0.3) is 0 Å². The van der Waals surface area contributed by atoms with E-state index >= 15 is 0 Å². The van der Waals surface area contributed by atoms with Gasteiger partial charge in [-0.05, 0) is 25.8 Å². The fourth-order valence-corrected chi connectivity index (χ4v) is 2.02. The molecule has 1 aromatic rings. The number of benzene rings is 1. The third-order valence-electron chi connectivity index (χ3n) is 2.90. The van der Waals surface area contributed by atoms with Crippen LogP contribution < -0.4 is 5.73 Å². The maximum Gasteiger partial charge on any atom is 0.0732 e. The van der Waals surface area contributed by atoms with Crippen molar-refractivity contribution in [2.45, 2.75) is 52.2 Å². The first-order valence-corrected chi connectivity index (χ1v) is 6.06. The fourth-order valence-electron chi connectivity index (χ4n) is 2.02. The molecule has 0 radical (unpaired) electrons. The van der Waals surface area contributed by atoms with Crippen LogP contribution in [0.5, 0.6) is 0 Å². The summed E-state index contributed by atoms with van der Waals surface area (Å²) >= 11 is 0. The van der Waals surface area contributed by atoms with E-state index in [0.29, 0.717) is 0 Å². The van der Waals surface area contributed by atoms with Crippen LogP contribution in [-0.4, -0.2) is 11.2 Å². The van der Waals surface area contributed by atoms with Crippen LogP contribution in [0.2, 0.25) is 0 Å². The molecular weight excluding hydrogens is 234 g/mol. The minimum atomic E-state index is -0.429. The summed E-state index contributed by atoms with van der Waals surface area (Å²) in [6, 6.07) is 5.99.